The first-order valence-electron chi connectivity index (χ1n) is 10.2. The predicted octanol–water partition coefficient (Wildman–Crippen LogP) is 4.50. The second-order valence-corrected chi connectivity index (χ2v) is 8.20. The molecular weight excluding hydrogens is 426 g/mol. The number of anilines is 1. The van der Waals surface area contributed by atoms with Gasteiger partial charge in [0.05, 0.1) is 24.8 Å². The molecule has 0 aliphatic rings. The van der Waals surface area contributed by atoms with E-state index >= 15 is 0 Å². The Labute approximate surface area is 190 Å². The molecule has 1 unspecified atom stereocenters. The van der Waals surface area contributed by atoms with Gasteiger partial charge in [0.25, 0.3) is 0 Å². The van der Waals surface area contributed by atoms with Gasteiger partial charge in [-0.15, -0.1) is 0 Å². The number of nitrogens with zero attached hydrogens (tertiary/aromatic N) is 1. The molecule has 7 nitrogen and oxygen atoms in total. The van der Waals surface area contributed by atoms with Crippen molar-refractivity contribution in [2.24, 2.45) is 0 Å². The highest BCUT2D eigenvalue weighted by atomic mass is 32.1. The number of esters is 1. The summed E-state index contributed by atoms with van der Waals surface area (Å²) in [6.45, 7) is 5.36. The lowest BCUT2D eigenvalue weighted by Gasteiger charge is -2.18. The molecule has 2 aromatic carbocycles. The molecular formula is C24H25N3O4S. The number of aromatic nitrogens is 1. The molecule has 0 spiro atoms. The van der Waals surface area contributed by atoms with E-state index in [1.54, 1.807) is 6.92 Å². The number of aryl methyl sites for hydroxylation is 1. The van der Waals surface area contributed by atoms with Gasteiger partial charge in [-0.3, -0.25) is 9.59 Å². The summed E-state index contributed by atoms with van der Waals surface area (Å²) in [5.41, 5.74) is 3.13. The van der Waals surface area contributed by atoms with E-state index in [4.69, 9.17) is 4.74 Å². The molecule has 32 heavy (non-hydrogen) atoms. The molecule has 8 heteroatoms. The number of nitrogens with one attached hydrogen (secondary N) is 2. The fourth-order valence-corrected chi connectivity index (χ4v) is 4.05. The predicted molar refractivity (Wildman–Crippen MR) is 124 cm³/mol. The Balaban J connectivity index is 1.82. The average molecular weight is 452 g/mol. The van der Waals surface area contributed by atoms with Gasteiger partial charge in [0, 0.05) is 12.5 Å². The summed E-state index contributed by atoms with van der Waals surface area (Å²) >= 11 is 1.06. The lowest BCUT2D eigenvalue weighted by molar-refractivity contribution is -0.120. The molecule has 166 valence electrons. The van der Waals surface area contributed by atoms with Crippen LogP contribution >= 0.6 is 11.3 Å². The molecule has 0 radical (unpaired) electrons. The molecule has 3 rings (SSSR count). The fraction of sp³-hybridized carbons (Fsp3) is 0.250. The normalized spacial score (nSPS) is 11.5. The first kappa shape index (κ1) is 23.1. The summed E-state index contributed by atoms with van der Waals surface area (Å²) in [5, 5.41) is 5.88. The quantitative estimate of drug-likeness (QED) is 0.492. The van der Waals surface area contributed by atoms with Crippen LogP contribution in [-0.2, 0) is 14.3 Å². The standard InChI is InChI=1S/C24H25N3O4S/c1-4-31-23(30)22-21(18-8-6-5-7-9-18)27-24(32-22)26-20(29)14-19(25-16(3)28)17-12-10-15(2)11-13-17/h5-13,19H,4,14H2,1-3H3,(H,25,28)(H,26,27,29). The van der Waals surface area contributed by atoms with E-state index in [-0.39, 0.29) is 24.8 Å². The Bertz CT molecular complexity index is 1090. The highest BCUT2D eigenvalue weighted by Crippen LogP contribution is 2.32. The Hall–Kier alpha value is -3.52. The van der Waals surface area contributed by atoms with E-state index < -0.39 is 12.0 Å². The smallest absolute Gasteiger partial charge is 0.350 e. The molecule has 1 heterocycles. The van der Waals surface area contributed by atoms with Crippen molar-refractivity contribution in [3.05, 3.63) is 70.6 Å². The number of rotatable bonds is 8. The van der Waals surface area contributed by atoms with Gasteiger partial charge in [-0.2, -0.15) is 0 Å². The minimum atomic E-state index is -0.486. The van der Waals surface area contributed by atoms with Crippen molar-refractivity contribution in [3.8, 4) is 11.3 Å². The molecule has 3 aromatic rings. The minimum Gasteiger partial charge on any atom is -0.462 e. The summed E-state index contributed by atoms with van der Waals surface area (Å²) in [7, 11) is 0. The maximum absolute atomic E-state index is 12.8. The van der Waals surface area contributed by atoms with Crippen LogP contribution in [0.5, 0.6) is 0 Å². The molecule has 1 atom stereocenters. The van der Waals surface area contributed by atoms with E-state index in [0.29, 0.717) is 15.7 Å². The van der Waals surface area contributed by atoms with E-state index in [0.717, 1.165) is 28.0 Å². The molecule has 1 aromatic heterocycles. The van der Waals surface area contributed by atoms with Crippen molar-refractivity contribution >= 4 is 34.3 Å². The highest BCUT2D eigenvalue weighted by Gasteiger charge is 2.23. The van der Waals surface area contributed by atoms with Gasteiger partial charge in [-0.05, 0) is 19.4 Å². The number of carbonyl (C=O) groups is 3. The van der Waals surface area contributed by atoms with Crippen LogP contribution in [-0.4, -0.2) is 29.4 Å². The summed E-state index contributed by atoms with van der Waals surface area (Å²) in [5.74, 6) is -1.04. The topological polar surface area (TPSA) is 97.4 Å². The van der Waals surface area contributed by atoms with E-state index in [9.17, 15) is 14.4 Å². The number of amides is 2. The monoisotopic (exact) mass is 451 g/mol. The molecule has 0 saturated heterocycles. The van der Waals surface area contributed by atoms with Crippen molar-refractivity contribution in [1.82, 2.24) is 10.3 Å². The van der Waals surface area contributed by atoms with Crippen LogP contribution in [0.1, 0.15) is 47.1 Å². The average Bonchev–Trinajstić information content (AvgIpc) is 3.18. The maximum Gasteiger partial charge on any atom is 0.350 e. The first-order chi connectivity index (χ1) is 15.4. The van der Waals surface area contributed by atoms with Crippen molar-refractivity contribution in [2.75, 3.05) is 11.9 Å². The molecule has 2 N–H and O–H groups in total. The van der Waals surface area contributed by atoms with Gasteiger partial charge in [-0.1, -0.05) is 71.5 Å². The van der Waals surface area contributed by atoms with Crippen LogP contribution in [0.3, 0.4) is 0 Å². The third-order valence-corrected chi connectivity index (χ3v) is 5.58. The summed E-state index contributed by atoms with van der Waals surface area (Å²) in [6.07, 6.45) is 0.0254. The summed E-state index contributed by atoms with van der Waals surface area (Å²) < 4.78 is 5.16. The lowest BCUT2D eigenvalue weighted by atomic mass is 10.0. The zero-order valence-corrected chi connectivity index (χ0v) is 19.0. The zero-order valence-electron chi connectivity index (χ0n) is 18.2. The number of carbonyl (C=O) groups excluding carboxylic acids is 3. The van der Waals surface area contributed by atoms with Crippen LogP contribution in [0.15, 0.2) is 54.6 Å². The zero-order chi connectivity index (χ0) is 23.1. The number of thiazole rings is 1. The second-order valence-electron chi connectivity index (χ2n) is 7.20. The SMILES string of the molecule is CCOC(=O)c1sc(NC(=O)CC(NC(C)=O)c2ccc(C)cc2)nc1-c1ccccc1. The molecule has 0 saturated carbocycles. The summed E-state index contributed by atoms with van der Waals surface area (Å²) in [6, 6.07) is 16.4. The third kappa shape index (κ3) is 6.01. The Morgan fingerprint density at radius 1 is 1.06 bits per heavy atom. The number of benzene rings is 2. The third-order valence-electron chi connectivity index (χ3n) is 4.63. The second kappa shape index (κ2) is 10.7. The van der Waals surface area contributed by atoms with Gasteiger partial charge in [0.1, 0.15) is 4.88 Å². The van der Waals surface area contributed by atoms with Crippen molar-refractivity contribution in [2.45, 2.75) is 33.2 Å². The Morgan fingerprint density at radius 2 is 1.75 bits per heavy atom. The van der Waals surface area contributed by atoms with Crippen LogP contribution < -0.4 is 10.6 Å². The largest absolute Gasteiger partial charge is 0.462 e. The molecule has 0 fully saturated rings. The van der Waals surface area contributed by atoms with Gasteiger partial charge >= 0.3 is 5.97 Å². The van der Waals surface area contributed by atoms with Gasteiger partial charge in [0.15, 0.2) is 5.13 Å². The van der Waals surface area contributed by atoms with E-state index in [1.165, 1.54) is 6.92 Å². The number of hydrogen-bond acceptors (Lipinski definition) is 6. The Morgan fingerprint density at radius 3 is 2.38 bits per heavy atom. The minimum absolute atomic E-state index is 0.0254. The molecule has 2 amide bonds. The highest BCUT2D eigenvalue weighted by molar-refractivity contribution is 7.18. The molecule has 0 aliphatic carbocycles. The molecule has 0 aliphatic heterocycles. The van der Waals surface area contributed by atoms with Crippen molar-refractivity contribution < 1.29 is 19.1 Å². The van der Waals surface area contributed by atoms with Crippen LogP contribution in [0.2, 0.25) is 0 Å². The maximum atomic E-state index is 12.8. The number of hydrogen-bond donors (Lipinski definition) is 2. The summed E-state index contributed by atoms with van der Waals surface area (Å²) in [4.78, 5) is 41.7. The lowest BCUT2D eigenvalue weighted by Crippen LogP contribution is -2.29. The number of ether oxygens (including phenoxy) is 1. The van der Waals surface area contributed by atoms with Gasteiger partial charge < -0.3 is 15.4 Å². The fourth-order valence-electron chi connectivity index (χ4n) is 3.15. The van der Waals surface area contributed by atoms with Crippen molar-refractivity contribution in [3.63, 3.8) is 0 Å². The van der Waals surface area contributed by atoms with Gasteiger partial charge in [-0.25, -0.2) is 9.78 Å². The van der Waals surface area contributed by atoms with Crippen LogP contribution in [0.4, 0.5) is 5.13 Å². The van der Waals surface area contributed by atoms with Crippen LogP contribution in [0.25, 0.3) is 11.3 Å². The van der Waals surface area contributed by atoms with Gasteiger partial charge in [0.2, 0.25) is 11.8 Å². The Kier molecular flexibility index (Phi) is 7.72. The van der Waals surface area contributed by atoms with Crippen LogP contribution in [0, 0.1) is 6.92 Å². The first-order valence-corrected chi connectivity index (χ1v) is 11.1. The molecule has 0 bridgehead atoms. The van der Waals surface area contributed by atoms with E-state index in [2.05, 4.69) is 15.6 Å². The van der Waals surface area contributed by atoms with Crippen molar-refractivity contribution in [1.29, 1.82) is 0 Å². The van der Waals surface area contributed by atoms with E-state index in [1.807, 2.05) is 61.5 Å².